The average Bonchev–Trinajstić information content (AvgIpc) is 3.00. The number of carbonyl (C=O) groups is 2. The first-order valence-electron chi connectivity index (χ1n) is 8.07. The Morgan fingerprint density at radius 3 is 2.57 bits per heavy atom. The van der Waals surface area contributed by atoms with Crippen LogP contribution < -0.4 is 0 Å². The summed E-state index contributed by atoms with van der Waals surface area (Å²) in [5.41, 5.74) is 0.111. The van der Waals surface area contributed by atoms with Crippen LogP contribution in [0.2, 0.25) is 0 Å². The number of nitrogens with zero attached hydrogens (tertiary/aromatic N) is 1. The van der Waals surface area contributed by atoms with Gasteiger partial charge in [-0.25, -0.2) is 4.79 Å². The van der Waals surface area contributed by atoms with Crippen LogP contribution in [0.1, 0.15) is 44.1 Å². The lowest BCUT2D eigenvalue weighted by molar-refractivity contribution is 0.0123. The molecule has 1 amide bonds. The predicted molar refractivity (Wildman–Crippen MR) is 86.5 cm³/mol. The molecule has 6 nitrogen and oxygen atoms in total. The van der Waals surface area contributed by atoms with Crippen LogP contribution >= 0.6 is 0 Å². The smallest absolute Gasteiger partial charge is 0.410 e. The molecule has 1 saturated heterocycles. The van der Waals surface area contributed by atoms with Crippen LogP contribution in [0, 0.1) is 5.92 Å². The Labute approximate surface area is 137 Å². The maximum atomic E-state index is 12.0. The Bertz CT molecular complexity index is 511. The molecule has 1 aromatic rings. The lowest BCUT2D eigenvalue weighted by Gasteiger charge is -2.33. The number of amides is 1. The highest BCUT2D eigenvalue weighted by molar-refractivity contribution is 5.95. The number of piperidine rings is 1. The van der Waals surface area contributed by atoms with Crippen LogP contribution in [0.3, 0.4) is 0 Å². The minimum atomic E-state index is -0.463. The first-order valence-corrected chi connectivity index (χ1v) is 8.07. The van der Waals surface area contributed by atoms with E-state index >= 15 is 0 Å². The highest BCUT2D eigenvalue weighted by atomic mass is 16.6. The number of rotatable bonds is 5. The Balaban J connectivity index is 1.65. The number of aromatic nitrogens is 1. The number of nitrogens with one attached hydrogen (secondary N) is 1. The number of carbonyl (C=O) groups excluding carboxylic acids is 2. The topological polar surface area (TPSA) is 71.6 Å². The van der Waals surface area contributed by atoms with E-state index in [0.29, 0.717) is 31.3 Å². The quantitative estimate of drug-likeness (QED) is 0.846. The second-order valence-electron chi connectivity index (χ2n) is 6.93. The van der Waals surface area contributed by atoms with Gasteiger partial charge in [-0.15, -0.1) is 0 Å². The number of ketones is 1. The van der Waals surface area contributed by atoms with Crippen molar-refractivity contribution in [3.63, 3.8) is 0 Å². The van der Waals surface area contributed by atoms with Crippen molar-refractivity contribution in [2.24, 2.45) is 5.92 Å². The molecule has 2 heterocycles. The van der Waals surface area contributed by atoms with Gasteiger partial charge in [-0.3, -0.25) is 4.79 Å². The first-order chi connectivity index (χ1) is 10.8. The van der Waals surface area contributed by atoms with Crippen LogP contribution in [0.15, 0.2) is 18.3 Å². The zero-order valence-electron chi connectivity index (χ0n) is 14.1. The lowest BCUT2D eigenvalue weighted by atomic mass is 9.98. The fraction of sp³-hybridized carbons (Fsp3) is 0.647. The standard InChI is InChI=1S/C17H26N2O4/c1-17(2,3)23-16(21)19-9-6-13(7-10-19)11-22-12-15(20)14-5-4-8-18-14/h4-5,8,13,18H,6-7,9-12H2,1-3H3. The van der Waals surface area contributed by atoms with Gasteiger partial charge in [0.1, 0.15) is 12.2 Å². The van der Waals surface area contributed by atoms with Crippen LogP contribution in [-0.4, -0.2) is 53.7 Å². The highest BCUT2D eigenvalue weighted by Crippen LogP contribution is 2.20. The van der Waals surface area contributed by atoms with E-state index in [1.807, 2.05) is 20.8 Å². The van der Waals surface area contributed by atoms with Gasteiger partial charge >= 0.3 is 6.09 Å². The molecule has 1 aliphatic heterocycles. The van der Waals surface area contributed by atoms with Gasteiger partial charge in [-0.2, -0.15) is 0 Å². The van der Waals surface area contributed by atoms with Gasteiger partial charge in [0.2, 0.25) is 5.78 Å². The van der Waals surface area contributed by atoms with Crippen molar-refractivity contribution in [2.75, 3.05) is 26.3 Å². The zero-order chi connectivity index (χ0) is 16.9. The molecule has 1 aliphatic rings. The van der Waals surface area contributed by atoms with E-state index in [1.165, 1.54) is 0 Å². The Kier molecular flexibility index (Phi) is 5.82. The summed E-state index contributed by atoms with van der Waals surface area (Å²) in [7, 11) is 0. The molecule has 2 rings (SSSR count). The molecule has 0 atom stereocenters. The van der Waals surface area contributed by atoms with E-state index in [2.05, 4.69) is 4.98 Å². The Hall–Kier alpha value is -1.82. The molecular formula is C17H26N2O4. The van der Waals surface area contributed by atoms with Crippen LogP contribution in [0.5, 0.6) is 0 Å². The number of Topliss-reactive ketones (excluding diaryl/α,β-unsaturated/α-hetero) is 1. The molecule has 6 heteroatoms. The molecule has 1 fully saturated rings. The largest absolute Gasteiger partial charge is 0.444 e. The van der Waals surface area contributed by atoms with Gasteiger partial charge < -0.3 is 19.4 Å². The Morgan fingerprint density at radius 1 is 1.30 bits per heavy atom. The number of aromatic amines is 1. The molecule has 0 aliphatic carbocycles. The van der Waals surface area contributed by atoms with E-state index in [-0.39, 0.29) is 18.5 Å². The summed E-state index contributed by atoms with van der Waals surface area (Å²) >= 11 is 0. The highest BCUT2D eigenvalue weighted by Gasteiger charge is 2.26. The summed E-state index contributed by atoms with van der Waals surface area (Å²) in [4.78, 5) is 28.4. The molecule has 0 radical (unpaired) electrons. The van der Waals surface area contributed by atoms with Gasteiger partial charge in [-0.05, 0) is 51.7 Å². The van der Waals surface area contributed by atoms with E-state index < -0.39 is 5.60 Å². The number of hydrogen-bond acceptors (Lipinski definition) is 4. The van der Waals surface area contributed by atoms with Crippen molar-refractivity contribution in [3.05, 3.63) is 24.0 Å². The average molecular weight is 322 g/mol. The van der Waals surface area contributed by atoms with E-state index in [4.69, 9.17) is 9.47 Å². The first kappa shape index (κ1) is 17.5. The molecular weight excluding hydrogens is 296 g/mol. The summed E-state index contributed by atoms with van der Waals surface area (Å²) in [6.45, 7) is 7.59. The molecule has 0 aromatic carbocycles. The number of H-pyrrole nitrogens is 1. The molecule has 128 valence electrons. The minimum Gasteiger partial charge on any atom is -0.444 e. The van der Waals surface area contributed by atoms with Crippen LogP contribution in [0.25, 0.3) is 0 Å². The molecule has 0 bridgehead atoms. The number of hydrogen-bond donors (Lipinski definition) is 1. The van der Waals surface area contributed by atoms with Crippen molar-refractivity contribution < 1.29 is 19.1 Å². The fourth-order valence-corrected chi connectivity index (χ4v) is 2.51. The van der Waals surface area contributed by atoms with E-state index in [1.54, 1.807) is 23.2 Å². The predicted octanol–water partition coefficient (Wildman–Crippen LogP) is 2.86. The summed E-state index contributed by atoms with van der Waals surface area (Å²) < 4.78 is 10.9. The van der Waals surface area contributed by atoms with E-state index in [0.717, 1.165) is 12.8 Å². The summed E-state index contributed by atoms with van der Waals surface area (Å²) in [5.74, 6) is 0.339. The van der Waals surface area contributed by atoms with Crippen molar-refractivity contribution >= 4 is 11.9 Å². The fourth-order valence-electron chi connectivity index (χ4n) is 2.51. The van der Waals surface area contributed by atoms with Gasteiger partial charge in [0.25, 0.3) is 0 Å². The van der Waals surface area contributed by atoms with Gasteiger partial charge in [0.15, 0.2) is 0 Å². The van der Waals surface area contributed by atoms with Crippen molar-refractivity contribution in [2.45, 2.75) is 39.2 Å². The third-order valence-corrected chi connectivity index (χ3v) is 3.75. The second kappa shape index (κ2) is 7.64. The maximum absolute atomic E-state index is 12.0. The Morgan fingerprint density at radius 2 is 2.00 bits per heavy atom. The van der Waals surface area contributed by atoms with E-state index in [9.17, 15) is 9.59 Å². The monoisotopic (exact) mass is 322 g/mol. The second-order valence-corrected chi connectivity index (χ2v) is 6.93. The van der Waals surface area contributed by atoms with Gasteiger partial charge in [-0.1, -0.05) is 0 Å². The third kappa shape index (κ3) is 5.71. The van der Waals surface area contributed by atoms with Gasteiger partial charge in [0, 0.05) is 19.3 Å². The third-order valence-electron chi connectivity index (χ3n) is 3.75. The molecule has 23 heavy (non-hydrogen) atoms. The zero-order valence-corrected chi connectivity index (χ0v) is 14.1. The molecule has 1 N–H and O–H groups in total. The normalized spacial score (nSPS) is 16.4. The maximum Gasteiger partial charge on any atom is 0.410 e. The molecule has 0 unspecified atom stereocenters. The number of ether oxygens (including phenoxy) is 2. The lowest BCUT2D eigenvalue weighted by Crippen LogP contribution is -2.42. The summed E-state index contributed by atoms with van der Waals surface area (Å²) in [6.07, 6.45) is 3.21. The molecule has 1 aromatic heterocycles. The van der Waals surface area contributed by atoms with Crippen molar-refractivity contribution in [1.29, 1.82) is 0 Å². The number of likely N-dealkylation sites (tertiary alicyclic amines) is 1. The van der Waals surface area contributed by atoms with Gasteiger partial charge in [0.05, 0.1) is 12.3 Å². The van der Waals surface area contributed by atoms with Crippen LogP contribution in [0.4, 0.5) is 4.79 Å². The SMILES string of the molecule is CC(C)(C)OC(=O)N1CCC(COCC(=O)c2ccc[nH]2)CC1. The molecule has 0 saturated carbocycles. The summed E-state index contributed by atoms with van der Waals surface area (Å²) in [5, 5.41) is 0. The minimum absolute atomic E-state index is 0.0406. The molecule has 0 spiro atoms. The van der Waals surface area contributed by atoms with Crippen molar-refractivity contribution in [1.82, 2.24) is 9.88 Å². The summed E-state index contributed by atoms with van der Waals surface area (Å²) in [6, 6.07) is 3.53. The van der Waals surface area contributed by atoms with Crippen molar-refractivity contribution in [3.8, 4) is 0 Å². The van der Waals surface area contributed by atoms with Crippen LogP contribution in [-0.2, 0) is 9.47 Å².